The summed E-state index contributed by atoms with van der Waals surface area (Å²) in [6.07, 6.45) is 12.8. The molecule has 8 heteroatoms. The summed E-state index contributed by atoms with van der Waals surface area (Å²) >= 11 is 0. The Bertz CT molecular complexity index is 1050. The Kier molecular flexibility index (Phi) is 6.60. The van der Waals surface area contributed by atoms with Gasteiger partial charge in [-0.25, -0.2) is 9.97 Å². The Balaban J connectivity index is 1.46. The van der Waals surface area contributed by atoms with Crippen molar-refractivity contribution < 1.29 is 9.90 Å². The number of nitrogens with zero attached hydrogens (tertiary/aromatic N) is 6. The maximum absolute atomic E-state index is 11.6. The Labute approximate surface area is 188 Å². The van der Waals surface area contributed by atoms with E-state index in [1.807, 2.05) is 0 Å². The minimum Gasteiger partial charge on any atom is -0.388 e. The zero-order valence-corrected chi connectivity index (χ0v) is 19.0. The van der Waals surface area contributed by atoms with Crippen molar-refractivity contribution in [2.45, 2.75) is 46.1 Å². The molecule has 3 heterocycles. The van der Waals surface area contributed by atoms with Gasteiger partial charge < -0.3 is 14.9 Å². The van der Waals surface area contributed by atoms with Crippen LogP contribution in [-0.2, 0) is 6.42 Å². The number of ketones is 1. The molecule has 0 radical (unpaired) electrons. The predicted molar refractivity (Wildman–Crippen MR) is 124 cm³/mol. The number of hydrogen-bond donors (Lipinski definition) is 1. The second-order valence-corrected chi connectivity index (χ2v) is 8.49. The molecule has 0 amide bonds. The van der Waals surface area contributed by atoms with E-state index in [0.29, 0.717) is 0 Å². The van der Waals surface area contributed by atoms with E-state index in [1.165, 1.54) is 22.9 Å². The maximum Gasteiger partial charge on any atom is 0.208 e. The number of aliphatic hydroxyl groups excluding tert-OH is 1. The molecular weight excluding hydrogens is 404 g/mol. The molecule has 8 nitrogen and oxygen atoms in total. The van der Waals surface area contributed by atoms with Gasteiger partial charge in [0.2, 0.25) is 5.78 Å². The first-order valence-corrected chi connectivity index (χ1v) is 11.1. The third-order valence-electron chi connectivity index (χ3n) is 6.33. The molecule has 0 saturated carbocycles. The third kappa shape index (κ3) is 4.55. The van der Waals surface area contributed by atoms with E-state index in [1.54, 1.807) is 6.20 Å². The Morgan fingerprint density at radius 2 is 1.97 bits per heavy atom. The van der Waals surface area contributed by atoms with E-state index >= 15 is 0 Å². The summed E-state index contributed by atoms with van der Waals surface area (Å²) in [5.74, 6) is 1.25. The van der Waals surface area contributed by atoms with Gasteiger partial charge in [0.1, 0.15) is 18.1 Å². The Hall–Kier alpha value is -3.13. The van der Waals surface area contributed by atoms with Crippen LogP contribution < -0.4 is 9.80 Å². The first-order valence-electron chi connectivity index (χ1n) is 11.1. The zero-order valence-electron chi connectivity index (χ0n) is 19.0. The van der Waals surface area contributed by atoms with Gasteiger partial charge in [-0.1, -0.05) is 18.2 Å². The molecule has 168 valence electrons. The molecule has 1 aliphatic carbocycles. The highest BCUT2D eigenvalue weighted by molar-refractivity contribution is 5.94. The summed E-state index contributed by atoms with van der Waals surface area (Å²) in [7, 11) is 0. The molecule has 32 heavy (non-hydrogen) atoms. The Morgan fingerprint density at radius 1 is 1.12 bits per heavy atom. The van der Waals surface area contributed by atoms with Gasteiger partial charge in [0, 0.05) is 32.1 Å². The summed E-state index contributed by atoms with van der Waals surface area (Å²) in [6.45, 7) is 8.21. The van der Waals surface area contributed by atoms with E-state index in [9.17, 15) is 4.79 Å². The lowest BCUT2D eigenvalue weighted by atomic mass is 9.99. The van der Waals surface area contributed by atoms with Crippen LogP contribution in [0.4, 0.5) is 11.6 Å². The molecule has 2 aliphatic rings. The normalized spacial score (nSPS) is 18.6. The minimum atomic E-state index is -0.560. The molecule has 1 N–H and O–H groups in total. The number of anilines is 2. The quantitative estimate of drug-likeness (QED) is 0.693. The molecule has 1 atom stereocenters. The first kappa shape index (κ1) is 22.1. The van der Waals surface area contributed by atoms with Gasteiger partial charge in [0.15, 0.2) is 5.82 Å². The summed E-state index contributed by atoms with van der Waals surface area (Å²) < 4.78 is 0. The monoisotopic (exact) mass is 434 g/mol. The van der Waals surface area contributed by atoms with Crippen LogP contribution in [0.3, 0.4) is 0 Å². The first-order chi connectivity index (χ1) is 15.5. The van der Waals surface area contributed by atoms with Crippen molar-refractivity contribution in [1.29, 1.82) is 0 Å². The fraction of sp³-hybridized carbons (Fsp3) is 0.458. The number of aromatic nitrogens is 4. The highest BCUT2D eigenvalue weighted by Gasteiger charge is 2.27. The zero-order chi connectivity index (χ0) is 22.7. The average Bonchev–Trinajstić information content (AvgIpc) is 2.82. The van der Waals surface area contributed by atoms with Crippen molar-refractivity contribution in [2.24, 2.45) is 0 Å². The van der Waals surface area contributed by atoms with Gasteiger partial charge in [-0.05, 0) is 50.3 Å². The van der Waals surface area contributed by atoms with Crippen LogP contribution in [0.25, 0.3) is 0 Å². The number of hydrogen-bond acceptors (Lipinski definition) is 8. The number of aliphatic hydroxyl groups is 1. The van der Waals surface area contributed by atoms with E-state index in [0.717, 1.165) is 56.2 Å². The largest absolute Gasteiger partial charge is 0.388 e. The SMILES string of the molecule is Cc1c(CC2=CCCC=C2)nnc(N2CCN(c3cnc(C(=O)CO)cn3)[C@H](C)C2)c1C. The molecular formula is C24H30N6O2. The fourth-order valence-corrected chi connectivity index (χ4v) is 4.29. The van der Waals surface area contributed by atoms with Crippen LogP contribution in [0.5, 0.6) is 0 Å². The van der Waals surface area contributed by atoms with E-state index in [4.69, 9.17) is 5.11 Å². The molecule has 0 bridgehead atoms. The van der Waals surface area contributed by atoms with E-state index in [-0.39, 0.29) is 11.7 Å². The molecule has 1 saturated heterocycles. The lowest BCUT2D eigenvalue weighted by molar-refractivity contribution is 0.0898. The smallest absolute Gasteiger partial charge is 0.208 e. The average molecular weight is 435 g/mol. The highest BCUT2D eigenvalue weighted by Crippen LogP contribution is 2.27. The predicted octanol–water partition coefficient (Wildman–Crippen LogP) is 2.59. The molecule has 0 aromatic carbocycles. The van der Waals surface area contributed by atoms with Gasteiger partial charge in [-0.3, -0.25) is 4.79 Å². The molecule has 4 rings (SSSR count). The number of carbonyl (C=O) groups is 1. The second-order valence-electron chi connectivity index (χ2n) is 8.49. The topological polar surface area (TPSA) is 95.3 Å². The van der Waals surface area contributed by atoms with Crippen LogP contribution in [-0.4, -0.2) is 63.3 Å². The van der Waals surface area contributed by atoms with Crippen molar-refractivity contribution in [2.75, 3.05) is 36.0 Å². The summed E-state index contributed by atoms with van der Waals surface area (Å²) in [6, 6.07) is 0.191. The number of allylic oxidation sites excluding steroid dienone is 4. The lowest BCUT2D eigenvalue weighted by Crippen LogP contribution is -2.53. The second kappa shape index (κ2) is 9.56. The summed E-state index contributed by atoms with van der Waals surface area (Å²) in [5, 5.41) is 18.2. The number of Topliss-reactive ketones (excluding diaryl/α,β-unsaturated/α-hetero) is 1. The van der Waals surface area contributed by atoms with Crippen molar-refractivity contribution >= 4 is 17.4 Å². The number of piperazine rings is 1. The fourth-order valence-electron chi connectivity index (χ4n) is 4.29. The molecule has 0 unspecified atom stereocenters. The Morgan fingerprint density at radius 3 is 2.62 bits per heavy atom. The van der Waals surface area contributed by atoms with Crippen molar-refractivity contribution in [3.63, 3.8) is 0 Å². The van der Waals surface area contributed by atoms with Gasteiger partial charge in [0.25, 0.3) is 0 Å². The van der Waals surface area contributed by atoms with E-state index < -0.39 is 12.4 Å². The summed E-state index contributed by atoms with van der Waals surface area (Å²) in [5.41, 5.74) is 4.94. The van der Waals surface area contributed by atoms with Gasteiger partial charge in [-0.2, -0.15) is 5.10 Å². The molecule has 2 aromatic heterocycles. The summed E-state index contributed by atoms with van der Waals surface area (Å²) in [4.78, 5) is 24.6. The van der Waals surface area contributed by atoms with Crippen molar-refractivity contribution in [1.82, 2.24) is 20.2 Å². The van der Waals surface area contributed by atoms with Gasteiger partial charge in [0.05, 0.1) is 18.1 Å². The molecule has 1 fully saturated rings. The lowest BCUT2D eigenvalue weighted by Gasteiger charge is -2.41. The van der Waals surface area contributed by atoms with Crippen LogP contribution in [0.1, 0.15) is 47.1 Å². The minimum absolute atomic E-state index is 0.184. The van der Waals surface area contributed by atoms with Crippen LogP contribution in [0.2, 0.25) is 0 Å². The number of rotatable bonds is 6. The third-order valence-corrected chi connectivity index (χ3v) is 6.33. The standard InChI is InChI=1S/C24H30N6O2/c1-16-14-29(9-10-30(16)23-13-25-21(12-26-23)22(32)15-31)24-18(3)17(2)20(27-28-24)11-19-7-5-4-6-8-19/h5,7-8,12-13,16,31H,4,6,9-11,14-15H2,1-3H3/t16-/m1/s1. The number of carbonyl (C=O) groups excluding carboxylic acids is 1. The maximum atomic E-state index is 11.6. The molecule has 1 aliphatic heterocycles. The van der Waals surface area contributed by atoms with Gasteiger partial charge >= 0.3 is 0 Å². The van der Waals surface area contributed by atoms with Crippen LogP contribution >= 0.6 is 0 Å². The molecule has 2 aromatic rings. The highest BCUT2D eigenvalue weighted by atomic mass is 16.3. The molecule has 0 spiro atoms. The van der Waals surface area contributed by atoms with Crippen molar-refractivity contribution in [3.8, 4) is 0 Å². The van der Waals surface area contributed by atoms with Crippen molar-refractivity contribution in [3.05, 3.63) is 58.7 Å². The van der Waals surface area contributed by atoms with Crippen LogP contribution in [0, 0.1) is 13.8 Å². The van der Waals surface area contributed by atoms with E-state index in [2.05, 4.69) is 69.0 Å². The van der Waals surface area contributed by atoms with Crippen LogP contribution in [0.15, 0.2) is 36.2 Å². The van der Waals surface area contributed by atoms with Gasteiger partial charge in [-0.15, -0.1) is 5.10 Å².